The van der Waals surface area contributed by atoms with Crippen LogP contribution in [0.2, 0.25) is 0 Å². The zero-order valence-electron chi connectivity index (χ0n) is 19.3. The van der Waals surface area contributed by atoms with Crippen molar-refractivity contribution in [2.45, 2.75) is 39.5 Å². The van der Waals surface area contributed by atoms with Crippen molar-refractivity contribution in [1.29, 1.82) is 0 Å². The number of benzene rings is 1. The van der Waals surface area contributed by atoms with Crippen LogP contribution >= 0.6 is 11.3 Å². The van der Waals surface area contributed by atoms with Gasteiger partial charge < -0.3 is 14.8 Å². The molecule has 0 bridgehead atoms. The Morgan fingerprint density at radius 3 is 2.00 bits per heavy atom. The third kappa shape index (κ3) is 5.79. The lowest BCUT2D eigenvalue weighted by Crippen LogP contribution is -2.30. The maximum absolute atomic E-state index is 12.8. The zero-order chi connectivity index (χ0) is 24.8. The van der Waals surface area contributed by atoms with Gasteiger partial charge in [-0.25, -0.2) is 18.0 Å². The first kappa shape index (κ1) is 26.5. The van der Waals surface area contributed by atoms with E-state index in [9.17, 15) is 22.8 Å². The van der Waals surface area contributed by atoms with Crippen LogP contribution in [0.3, 0.4) is 0 Å². The van der Waals surface area contributed by atoms with Crippen LogP contribution in [-0.4, -0.2) is 56.9 Å². The van der Waals surface area contributed by atoms with Gasteiger partial charge in [-0.05, 0) is 50.6 Å². The van der Waals surface area contributed by atoms with Crippen LogP contribution in [0.5, 0.6) is 0 Å². The van der Waals surface area contributed by atoms with Crippen LogP contribution in [0.1, 0.15) is 63.6 Å². The minimum Gasteiger partial charge on any atom is -0.462 e. The highest BCUT2D eigenvalue weighted by molar-refractivity contribution is 7.89. The zero-order valence-corrected chi connectivity index (χ0v) is 20.9. The first-order chi connectivity index (χ1) is 15.6. The van der Waals surface area contributed by atoms with Crippen LogP contribution in [0.15, 0.2) is 29.2 Å². The molecule has 2 aromatic rings. The molecule has 9 nitrogen and oxygen atoms in total. The number of carbonyl (C=O) groups excluding carboxylic acids is 3. The van der Waals surface area contributed by atoms with Crippen molar-refractivity contribution in [3.63, 3.8) is 0 Å². The third-order valence-electron chi connectivity index (χ3n) is 4.77. The Labute approximate surface area is 197 Å². The Bertz CT molecular complexity index is 1120. The van der Waals surface area contributed by atoms with E-state index in [-0.39, 0.29) is 39.1 Å². The molecule has 180 valence electrons. The van der Waals surface area contributed by atoms with Gasteiger partial charge in [0.1, 0.15) is 9.88 Å². The molecular formula is C22H28N2O7S2. The molecule has 0 saturated heterocycles. The highest BCUT2D eigenvalue weighted by Gasteiger charge is 2.28. The Morgan fingerprint density at radius 2 is 1.48 bits per heavy atom. The highest BCUT2D eigenvalue weighted by Crippen LogP contribution is 2.34. The van der Waals surface area contributed by atoms with Crippen molar-refractivity contribution in [1.82, 2.24) is 4.31 Å². The van der Waals surface area contributed by atoms with Gasteiger partial charge in [-0.15, -0.1) is 11.3 Å². The molecule has 1 aromatic carbocycles. The van der Waals surface area contributed by atoms with E-state index in [0.717, 1.165) is 11.3 Å². The second-order valence-electron chi connectivity index (χ2n) is 6.77. The molecule has 2 rings (SSSR count). The molecule has 0 fully saturated rings. The van der Waals surface area contributed by atoms with E-state index in [1.54, 1.807) is 34.6 Å². The second kappa shape index (κ2) is 11.4. The van der Waals surface area contributed by atoms with Crippen molar-refractivity contribution >= 4 is 44.2 Å². The summed E-state index contributed by atoms with van der Waals surface area (Å²) >= 11 is 0.919. The smallest absolute Gasteiger partial charge is 0.348 e. The predicted molar refractivity (Wildman–Crippen MR) is 125 cm³/mol. The van der Waals surface area contributed by atoms with Crippen molar-refractivity contribution in [2.24, 2.45) is 0 Å². The molecule has 0 atom stereocenters. The van der Waals surface area contributed by atoms with Gasteiger partial charge in [0, 0.05) is 18.7 Å². The number of esters is 2. The fourth-order valence-corrected chi connectivity index (χ4v) is 5.65. The molecular weight excluding hydrogens is 468 g/mol. The van der Waals surface area contributed by atoms with Gasteiger partial charge >= 0.3 is 11.9 Å². The summed E-state index contributed by atoms with van der Waals surface area (Å²) < 4.78 is 36.7. The Kier molecular flexibility index (Phi) is 9.15. The van der Waals surface area contributed by atoms with Gasteiger partial charge in [-0.1, -0.05) is 13.8 Å². The van der Waals surface area contributed by atoms with E-state index in [1.165, 1.54) is 28.6 Å². The summed E-state index contributed by atoms with van der Waals surface area (Å²) in [7, 11) is -3.65. The quantitative estimate of drug-likeness (QED) is 0.498. The molecule has 0 spiro atoms. The fraction of sp³-hybridized carbons (Fsp3) is 0.409. The summed E-state index contributed by atoms with van der Waals surface area (Å²) in [6.45, 7) is 9.34. The lowest BCUT2D eigenvalue weighted by atomic mass is 10.1. The van der Waals surface area contributed by atoms with Gasteiger partial charge in [-0.3, -0.25) is 4.79 Å². The van der Waals surface area contributed by atoms with Crippen molar-refractivity contribution < 1.29 is 32.3 Å². The van der Waals surface area contributed by atoms with E-state index >= 15 is 0 Å². The standard InChI is InChI=1S/C22H28N2O7S2/c1-6-24(7-2)33(28,29)16-12-10-15(11-13-16)19(25)23-20-17(21(26)30-8-3)14(5)18(32-20)22(27)31-9-4/h10-13H,6-9H2,1-5H3,(H,23,25). The first-order valence-corrected chi connectivity index (χ1v) is 12.8. The normalized spacial score (nSPS) is 11.3. The molecule has 0 aliphatic heterocycles. The summed E-state index contributed by atoms with van der Waals surface area (Å²) in [5.41, 5.74) is 0.624. The Hall–Kier alpha value is -2.76. The lowest BCUT2D eigenvalue weighted by Gasteiger charge is -2.18. The van der Waals surface area contributed by atoms with E-state index in [1.807, 2.05) is 0 Å². The van der Waals surface area contributed by atoms with Crippen LogP contribution in [0.4, 0.5) is 5.00 Å². The third-order valence-corrected chi connectivity index (χ3v) is 8.03. The maximum Gasteiger partial charge on any atom is 0.348 e. The number of anilines is 1. The van der Waals surface area contributed by atoms with E-state index < -0.39 is 27.9 Å². The molecule has 1 amide bonds. The van der Waals surface area contributed by atoms with E-state index in [2.05, 4.69) is 5.32 Å². The number of sulfonamides is 1. The van der Waals surface area contributed by atoms with Crippen molar-refractivity contribution in [3.8, 4) is 0 Å². The molecule has 0 saturated carbocycles. The van der Waals surface area contributed by atoms with Crippen LogP contribution in [0.25, 0.3) is 0 Å². The van der Waals surface area contributed by atoms with Gasteiger partial charge in [-0.2, -0.15) is 4.31 Å². The molecule has 0 unspecified atom stereocenters. The SMILES string of the molecule is CCOC(=O)c1sc(NC(=O)c2ccc(S(=O)(=O)N(CC)CC)cc2)c(C(=O)OCC)c1C. The Morgan fingerprint density at radius 1 is 0.939 bits per heavy atom. The first-order valence-electron chi connectivity index (χ1n) is 10.5. The molecule has 1 heterocycles. The predicted octanol–water partition coefficient (Wildman–Crippen LogP) is 3.69. The van der Waals surface area contributed by atoms with Crippen LogP contribution in [-0.2, 0) is 19.5 Å². The number of hydrogen-bond donors (Lipinski definition) is 1. The van der Waals surface area contributed by atoms with Gasteiger partial charge in [0.05, 0.1) is 23.7 Å². The number of carbonyl (C=O) groups is 3. The maximum atomic E-state index is 12.8. The molecule has 0 aliphatic carbocycles. The molecule has 0 aliphatic rings. The molecule has 1 aromatic heterocycles. The largest absolute Gasteiger partial charge is 0.462 e. The summed E-state index contributed by atoms with van der Waals surface area (Å²) in [5, 5.41) is 2.79. The number of rotatable bonds is 10. The van der Waals surface area contributed by atoms with Crippen molar-refractivity contribution in [3.05, 3.63) is 45.8 Å². The van der Waals surface area contributed by atoms with Gasteiger partial charge in [0.25, 0.3) is 5.91 Å². The highest BCUT2D eigenvalue weighted by atomic mass is 32.2. The van der Waals surface area contributed by atoms with Crippen LogP contribution < -0.4 is 5.32 Å². The average molecular weight is 497 g/mol. The Balaban J connectivity index is 2.37. The minimum absolute atomic E-state index is 0.0755. The summed E-state index contributed by atoms with van der Waals surface area (Å²) in [6, 6.07) is 5.50. The minimum atomic E-state index is -3.65. The molecule has 0 radical (unpaired) electrons. The molecule has 11 heteroatoms. The number of ether oxygens (including phenoxy) is 2. The van der Waals surface area contributed by atoms with Gasteiger partial charge in [0.2, 0.25) is 10.0 Å². The molecule has 33 heavy (non-hydrogen) atoms. The fourth-order valence-electron chi connectivity index (χ4n) is 3.11. The number of thiophene rings is 1. The summed E-state index contributed by atoms with van der Waals surface area (Å²) in [5.74, 6) is -1.83. The summed E-state index contributed by atoms with van der Waals surface area (Å²) in [4.78, 5) is 37.9. The lowest BCUT2D eigenvalue weighted by molar-refractivity contribution is 0.0527. The topological polar surface area (TPSA) is 119 Å². The van der Waals surface area contributed by atoms with Gasteiger partial charge in [0.15, 0.2) is 0 Å². The van der Waals surface area contributed by atoms with E-state index in [4.69, 9.17) is 9.47 Å². The average Bonchev–Trinajstić information content (AvgIpc) is 3.10. The monoisotopic (exact) mass is 496 g/mol. The van der Waals surface area contributed by atoms with E-state index in [0.29, 0.717) is 18.7 Å². The summed E-state index contributed by atoms with van der Waals surface area (Å²) in [6.07, 6.45) is 0. The number of hydrogen-bond acceptors (Lipinski definition) is 8. The van der Waals surface area contributed by atoms with Crippen LogP contribution in [0, 0.1) is 6.92 Å². The second-order valence-corrected chi connectivity index (χ2v) is 9.73. The molecule has 1 N–H and O–H groups in total. The van der Waals surface area contributed by atoms with Crippen molar-refractivity contribution in [2.75, 3.05) is 31.6 Å². The number of amides is 1. The number of nitrogens with one attached hydrogen (secondary N) is 1. The number of nitrogens with zero attached hydrogens (tertiary/aromatic N) is 1.